The lowest BCUT2D eigenvalue weighted by molar-refractivity contribution is 0.318. The Bertz CT molecular complexity index is 738. The average Bonchev–Trinajstić information content (AvgIpc) is 2.55. The number of hydrogen-bond acceptors (Lipinski definition) is 5. The van der Waals surface area contributed by atoms with E-state index in [9.17, 15) is 4.79 Å². The van der Waals surface area contributed by atoms with Gasteiger partial charge in [0, 0.05) is 11.4 Å². The van der Waals surface area contributed by atoms with Gasteiger partial charge in [-0.25, -0.2) is 4.98 Å². The molecule has 114 valence electrons. The third-order valence-electron chi connectivity index (χ3n) is 2.88. The van der Waals surface area contributed by atoms with Crippen molar-refractivity contribution >= 4 is 23.4 Å². The number of halogens is 1. The largest absolute Gasteiger partial charge is 0.494 e. The minimum absolute atomic E-state index is 0.00797. The molecule has 0 bridgehead atoms. The van der Waals surface area contributed by atoms with Crippen LogP contribution in [-0.2, 0) is 0 Å². The first kappa shape index (κ1) is 16.4. The Morgan fingerprint density at radius 3 is 2.73 bits per heavy atom. The zero-order chi connectivity index (χ0) is 15.9. The molecule has 0 radical (unpaired) electrons. The van der Waals surface area contributed by atoms with Gasteiger partial charge in [-0.15, -0.1) is 11.6 Å². The maximum absolute atomic E-state index is 11.9. The number of benzene rings is 1. The molecule has 0 aliphatic heterocycles. The van der Waals surface area contributed by atoms with Crippen molar-refractivity contribution in [2.75, 3.05) is 18.7 Å². The Balaban J connectivity index is 2.34. The van der Waals surface area contributed by atoms with Crippen LogP contribution in [0.1, 0.15) is 12.0 Å². The van der Waals surface area contributed by atoms with E-state index in [2.05, 4.69) is 9.97 Å². The Kier molecular flexibility index (Phi) is 5.87. The molecule has 1 aromatic heterocycles. The zero-order valence-electron chi connectivity index (χ0n) is 11.9. The van der Waals surface area contributed by atoms with Gasteiger partial charge in [0.2, 0.25) is 0 Å². The number of thioether (sulfide) groups is 1. The molecule has 0 atom stereocenters. The summed E-state index contributed by atoms with van der Waals surface area (Å²) in [5, 5.41) is 9.64. The van der Waals surface area contributed by atoms with Crippen molar-refractivity contribution in [3.05, 3.63) is 40.2 Å². The fraction of sp³-hybridized carbons (Fsp3) is 0.267. The predicted octanol–water partition coefficient (Wildman–Crippen LogP) is 3.04. The van der Waals surface area contributed by atoms with Crippen LogP contribution < -0.4 is 10.3 Å². The lowest BCUT2D eigenvalue weighted by Gasteiger charge is -2.07. The topological polar surface area (TPSA) is 78.8 Å². The minimum atomic E-state index is -0.431. The van der Waals surface area contributed by atoms with E-state index in [1.54, 1.807) is 24.3 Å². The van der Waals surface area contributed by atoms with Crippen LogP contribution in [-0.4, -0.2) is 28.7 Å². The summed E-state index contributed by atoms with van der Waals surface area (Å²) in [5.41, 5.74) is 0.651. The fourth-order valence-corrected chi connectivity index (χ4v) is 2.30. The summed E-state index contributed by atoms with van der Waals surface area (Å²) in [4.78, 5) is 18.8. The molecule has 0 aliphatic rings. The van der Waals surface area contributed by atoms with Gasteiger partial charge in [-0.05, 0) is 36.9 Å². The van der Waals surface area contributed by atoms with Crippen LogP contribution in [0.2, 0.25) is 0 Å². The molecule has 22 heavy (non-hydrogen) atoms. The summed E-state index contributed by atoms with van der Waals surface area (Å²) in [5.74, 6) is 1.26. The summed E-state index contributed by atoms with van der Waals surface area (Å²) in [6, 6.07) is 9.04. The third-order valence-corrected chi connectivity index (χ3v) is 3.72. The van der Waals surface area contributed by atoms with E-state index < -0.39 is 5.56 Å². The highest BCUT2D eigenvalue weighted by Crippen LogP contribution is 2.23. The number of rotatable bonds is 6. The van der Waals surface area contributed by atoms with Crippen LogP contribution >= 0.6 is 23.4 Å². The van der Waals surface area contributed by atoms with Crippen LogP contribution in [0.5, 0.6) is 5.75 Å². The van der Waals surface area contributed by atoms with Crippen LogP contribution in [0.3, 0.4) is 0 Å². The predicted molar refractivity (Wildman–Crippen MR) is 87.6 cm³/mol. The molecular formula is C15H14ClN3O2S. The monoisotopic (exact) mass is 335 g/mol. The fourth-order valence-electron chi connectivity index (χ4n) is 1.82. The van der Waals surface area contributed by atoms with Crippen molar-refractivity contribution in [3.8, 4) is 23.1 Å². The van der Waals surface area contributed by atoms with Gasteiger partial charge >= 0.3 is 0 Å². The van der Waals surface area contributed by atoms with Crippen molar-refractivity contribution in [1.29, 1.82) is 5.26 Å². The number of aromatic amines is 1. The first-order valence-corrected chi connectivity index (χ1v) is 8.33. The van der Waals surface area contributed by atoms with E-state index in [4.69, 9.17) is 21.6 Å². The number of H-pyrrole nitrogens is 1. The van der Waals surface area contributed by atoms with Crippen LogP contribution in [0.25, 0.3) is 11.3 Å². The van der Waals surface area contributed by atoms with Crippen molar-refractivity contribution < 1.29 is 4.74 Å². The summed E-state index contributed by atoms with van der Waals surface area (Å²) in [6.07, 6.45) is 2.58. The van der Waals surface area contributed by atoms with Crippen molar-refractivity contribution in [2.45, 2.75) is 11.6 Å². The molecule has 0 amide bonds. The first-order valence-electron chi connectivity index (χ1n) is 6.57. The molecule has 0 spiro atoms. The van der Waals surface area contributed by atoms with E-state index in [0.29, 0.717) is 34.7 Å². The number of alkyl halides is 1. The number of hydrogen-bond donors (Lipinski definition) is 1. The SMILES string of the molecule is CSc1nc(-c2ccc(OCCCCl)cc2)c(C#N)c(=O)[nH]1. The maximum atomic E-state index is 11.9. The number of ether oxygens (including phenoxy) is 1. The Morgan fingerprint density at radius 1 is 1.41 bits per heavy atom. The number of nitrogens with zero attached hydrogens (tertiary/aromatic N) is 2. The van der Waals surface area contributed by atoms with Crippen molar-refractivity contribution in [2.24, 2.45) is 0 Å². The maximum Gasteiger partial charge on any atom is 0.270 e. The summed E-state index contributed by atoms with van der Waals surface area (Å²) in [7, 11) is 0. The van der Waals surface area contributed by atoms with Gasteiger partial charge in [-0.3, -0.25) is 4.79 Å². The van der Waals surface area contributed by atoms with Gasteiger partial charge in [0.15, 0.2) is 5.16 Å². The van der Waals surface area contributed by atoms with E-state index in [1.807, 2.05) is 12.3 Å². The van der Waals surface area contributed by atoms with E-state index in [1.165, 1.54) is 11.8 Å². The van der Waals surface area contributed by atoms with Crippen molar-refractivity contribution in [3.63, 3.8) is 0 Å². The number of nitrogens with one attached hydrogen (secondary N) is 1. The summed E-state index contributed by atoms with van der Waals surface area (Å²) >= 11 is 6.91. The molecule has 2 aromatic rings. The molecule has 2 rings (SSSR count). The second-order valence-corrected chi connectivity index (χ2v) is 5.50. The molecule has 0 unspecified atom stereocenters. The lowest BCUT2D eigenvalue weighted by atomic mass is 10.1. The van der Waals surface area contributed by atoms with E-state index in [-0.39, 0.29) is 5.56 Å². The standard InChI is InChI=1S/C15H14ClN3O2S/c1-22-15-18-13(12(9-17)14(20)19-15)10-3-5-11(6-4-10)21-8-2-7-16/h3-6H,2,7-8H2,1H3,(H,18,19,20). The second kappa shape index (κ2) is 7.87. The molecule has 0 aliphatic carbocycles. The first-order chi connectivity index (χ1) is 10.7. The Labute approximate surface area is 137 Å². The lowest BCUT2D eigenvalue weighted by Crippen LogP contribution is -2.14. The average molecular weight is 336 g/mol. The molecular weight excluding hydrogens is 322 g/mol. The number of nitriles is 1. The second-order valence-electron chi connectivity index (χ2n) is 4.33. The Morgan fingerprint density at radius 2 is 2.14 bits per heavy atom. The number of aromatic nitrogens is 2. The van der Waals surface area contributed by atoms with Gasteiger partial charge < -0.3 is 9.72 Å². The highest BCUT2D eigenvalue weighted by atomic mass is 35.5. The molecule has 1 heterocycles. The quantitative estimate of drug-likeness (QED) is 0.380. The molecule has 0 fully saturated rings. The van der Waals surface area contributed by atoms with Crippen LogP contribution in [0.15, 0.2) is 34.2 Å². The Hall–Kier alpha value is -1.97. The van der Waals surface area contributed by atoms with Gasteiger partial charge in [-0.2, -0.15) is 5.26 Å². The van der Waals surface area contributed by atoms with E-state index >= 15 is 0 Å². The molecule has 0 saturated carbocycles. The van der Waals surface area contributed by atoms with Gasteiger partial charge in [0.05, 0.1) is 12.3 Å². The normalized spacial score (nSPS) is 10.2. The molecule has 1 aromatic carbocycles. The van der Waals surface area contributed by atoms with Gasteiger partial charge in [0.25, 0.3) is 5.56 Å². The van der Waals surface area contributed by atoms with E-state index in [0.717, 1.165) is 6.42 Å². The molecule has 7 heteroatoms. The summed E-state index contributed by atoms with van der Waals surface area (Å²) in [6.45, 7) is 0.548. The van der Waals surface area contributed by atoms with Crippen molar-refractivity contribution in [1.82, 2.24) is 9.97 Å². The highest BCUT2D eigenvalue weighted by Gasteiger charge is 2.13. The van der Waals surface area contributed by atoms with Gasteiger partial charge in [-0.1, -0.05) is 11.8 Å². The smallest absolute Gasteiger partial charge is 0.270 e. The van der Waals surface area contributed by atoms with Gasteiger partial charge in [0.1, 0.15) is 17.4 Å². The minimum Gasteiger partial charge on any atom is -0.494 e. The molecule has 5 nitrogen and oxygen atoms in total. The van der Waals surface area contributed by atoms with Crippen LogP contribution in [0.4, 0.5) is 0 Å². The summed E-state index contributed by atoms with van der Waals surface area (Å²) < 4.78 is 5.52. The zero-order valence-corrected chi connectivity index (χ0v) is 13.5. The molecule has 0 saturated heterocycles. The molecule has 1 N–H and O–H groups in total. The van der Waals surface area contributed by atoms with Crippen LogP contribution in [0, 0.1) is 11.3 Å². The highest BCUT2D eigenvalue weighted by molar-refractivity contribution is 7.98. The third kappa shape index (κ3) is 3.81.